The van der Waals surface area contributed by atoms with Gasteiger partial charge in [0.2, 0.25) is 5.91 Å². The van der Waals surface area contributed by atoms with Crippen molar-refractivity contribution in [1.29, 1.82) is 0 Å². The van der Waals surface area contributed by atoms with Crippen LogP contribution in [0, 0.1) is 0 Å². The average molecular weight is 519 g/mol. The Morgan fingerprint density at radius 2 is 1.74 bits per heavy atom. The quantitative estimate of drug-likeness (QED) is 0.627. The van der Waals surface area contributed by atoms with E-state index in [1.165, 1.54) is 6.26 Å². The van der Waals surface area contributed by atoms with Gasteiger partial charge in [0.15, 0.2) is 9.84 Å². The Morgan fingerprint density at radius 1 is 1.06 bits per heavy atom. The standard InChI is InChI=1S/C26H31ClN2O5S/c1-35(31,32)26(10-15-33-16-11-26)19-2-5-21(6-3-19)34-17-14-29-12-8-25(9-13-29)22-18-20(27)4-7-23(22)28-24(25)30/h2-7,18H,8-17H2,1H3,(H,28,30). The number of carbonyl (C=O) groups excluding carboxylic acids is 1. The lowest BCUT2D eigenvalue weighted by molar-refractivity contribution is -0.122. The zero-order chi connectivity index (χ0) is 24.7. The highest BCUT2D eigenvalue weighted by Gasteiger charge is 2.48. The van der Waals surface area contributed by atoms with Crippen molar-refractivity contribution in [1.82, 2.24) is 4.90 Å². The van der Waals surface area contributed by atoms with Crippen LogP contribution >= 0.6 is 11.6 Å². The molecule has 2 saturated heterocycles. The second kappa shape index (κ2) is 9.39. The molecular formula is C26H31ClN2O5S. The number of amides is 1. The van der Waals surface area contributed by atoms with Crippen molar-refractivity contribution in [3.63, 3.8) is 0 Å². The molecule has 9 heteroatoms. The Hall–Kier alpha value is -2.13. The van der Waals surface area contributed by atoms with Crippen LogP contribution in [0.4, 0.5) is 5.69 Å². The number of nitrogens with one attached hydrogen (secondary N) is 1. The lowest BCUT2D eigenvalue weighted by Gasteiger charge is -2.38. The summed E-state index contributed by atoms with van der Waals surface area (Å²) in [6.45, 7) is 3.78. The summed E-state index contributed by atoms with van der Waals surface area (Å²) in [5.74, 6) is 0.791. The number of likely N-dealkylation sites (tertiary alicyclic amines) is 1. The van der Waals surface area contributed by atoms with E-state index in [1.54, 1.807) is 0 Å². The predicted octanol–water partition coefficient (Wildman–Crippen LogP) is 3.76. The van der Waals surface area contributed by atoms with Gasteiger partial charge in [-0.2, -0.15) is 0 Å². The SMILES string of the molecule is CS(=O)(=O)C1(c2ccc(OCCN3CCC4(CC3)C(=O)Nc3ccc(Cl)cc34)cc2)CCOCC1. The highest BCUT2D eigenvalue weighted by Crippen LogP contribution is 2.46. The molecule has 0 radical (unpaired) electrons. The average Bonchev–Trinajstić information content (AvgIpc) is 3.11. The third-order valence-electron chi connectivity index (χ3n) is 7.96. The Bertz CT molecular complexity index is 1200. The molecular weight excluding hydrogens is 488 g/mol. The minimum atomic E-state index is -3.28. The maximum Gasteiger partial charge on any atom is 0.235 e. The number of fused-ring (bicyclic) bond motifs is 2. The van der Waals surface area contributed by atoms with Gasteiger partial charge in [-0.3, -0.25) is 9.69 Å². The fourth-order valence-electron chi connectivity index (χ4n) is 5.76. The molecule has 0 atom stereocenters. The minimum Gasteiger partial charge on any atom is -0.492 e. The topological polar surface area (TPSA) is 84.9 Å². The van der Waals surface area contributed by atoms with E-state index in [1.807, 2.05) is 42.5 Å². The summed E-state index contributed by atoms with van der Waals surface area (Å²) in [4.78, 5) is 15.1. The van der Waals surface area contributed by atoms with Gasteiger partial charge in [-0.25, -0.2) is 8.42 Å². The van der Waals surface area contributed by atoms with E-state index in [2.05, 4.69) is 10.2 Å². The first kappa shape index (κ1) is 24.6. The highest BCUT2D eigenvalue weighted by molar-refractivity contribution is 7.91. The van der Waals surface area contributed by atoms with E-state index in [0.717, 1.165) is 55.0 Å². The second-order valence-electron chi connectivity index (χ2n) is 9.82. The van der Waals surface area contributed by atoms with E-state index in [0.29, 0.717) is 37.7 Å². The van der Waals surface area contributed by atoms with Crippen LogP contribution in [0.2, 0.25) is 5.02 Å². The molecule has 0 aliphatic carbocycles. The molecule has 2 aromatic carbocycles. The Balaban J connectivity index is 1.16. The van der Waals surface area contributed by atoms with Crippen LogP contribution in [-0.2, 0) is 29.5 Å². The van der Waals surface area contributed by atoms with Gasteiger partial charge in [0, 0.05) is 36.7 Å². The number of nitrogens with zero attached hydrogens (tertiary/aromatic N) is 1. The molecule has 2 aromatic rings. The number of carbonyl (C=O) groups is 1. The van der Waals surface area contributed by atoms with Crippen molar-refractivity contribution in [2.24, 2.45) is 0 Å². The van der Waals surface area contributed by atoms with Crippen molar-refractivity contribution in [2.75, 3.05) is 51.0 Å². The molecule has 1 N–H and O–H groups in total. The molecule has 0 bridgehead atoms. The molecule has 3 heterocycles. The molecule has 1 amide bonds. The second-order valence-corrected chi connectivity index (χ2v) is 12.6. The Morgan fingerprint density at radius 3 is 2.40 bits per heavy atom. The van der Waals surface area contributed by atoms with E-state index >= 15 is 0 Å². The van der Waals surface area contributed by atoms with Crippen molar-refractivity contribution in [2.45, 2.75) is 35.8 Å². The van der Waals surface area contributed by atoms with Gasteiger partial charge in [0.05, 0.1) is 5.41 Å². The van der Waals surface area contributed by atoms with Crippen LogP contribution in [0.3, 0.4) is 0 Å². The molecule has 5 rings (SSSR count). The first-order chi connectivity index (χ1) is 16.7. The molecule has 3 aliphatic heterocycles. The lowest BCUT2D eigenvalue weighted by atomic mass is 9.73. The third-order valence-corrected chi connectivity index (χ3v) is 10.3. The van der Waals surface area contributed by atoms with E-state index in [4.69, 9.17) is 21.1 Å². The van der Waals surface area contributed by atoms with Crippen LogP contribution in [0.1, 0.15) is 36.8 Å². The normalized spacial score (nSPS) is 21.5. The first-order valence-corrected chi connectivity index (χ1v) is 14.4. The van der Waals surface area contributed by atoms with Crippen LogP contribution in [0.15, 0.2) is 42.5 Å². The van der Waals surface area contributed by atoms with E-state index < -0.39 is 20.0 Å². The predicted molar refractivity (Wildman–Crippen MR) is 136 cm³/mol. The Labute approximate surface area is 211 Å². The molecule has 1 spiro atoms. The Kier molecular flexibility index (Phi) is 6.59. The fourth-order valence-corrected chi connectivity index (χ4v) is 7.41. The number of halogens is 1. The van der Waals surface area contributed by atoms with Gasteiger partial charge >= 0.3 is 0 Å². The van der Waals surface area contributed by atoms with Crippen LogP contribution in [-0.4, -0.2) is 64.9 Å². The zero-order valence-electron chi connectivity index (χ0n) is 19.9. The van der Waals surface area contributed by atoms with Crippen LogP contribution in [0.5, 0.6) is 5.75 Å². The number of benzene rings is 2. The van der Waals surface area contributed by atoms with Gasteiger partial charge in [-0.05, 0) is 80.2 Å². The minimum absolute atomic E-state index is 0.0714. The number of sulfone groups is 1. The summed E-state index contributed by atoms with van der Waals surface area (Å²) >= 11 is 6.21. The number of rotatable bonds is 6. The molecule has 7 nitrogen and oxygen atoms in total. The highest BCUT2D eigenvalue weighted by atomic mass is 35.5. The van der Waals surface area contributed by atoms with E-state index in [-0.39, 0.29) is 5.91 Å². The van der Waals surface area contributed by atoms with E-state index in [9.17, 15) is 13.2 Å². The first-order valence-electron chi connectivity index (χ1n) is 12.1. The summed E-state index contributed by atoms with van der Waals surface area (Å²) < 4.78 is 35.7. The van der Waals surface area contributed by atoms with Crippen LogP contribution < -0.4 is 10.1 Å². The van der Waals surface area contributed by atoms with Gasteiger partial charge in [-0.15, -0.1) is 0 Å². The van der Waals surface area contributed by atoms with Gasteiger partial charge < -0.3 is 14.8 Å². The zero-order valence-corrected chi connectivity index (χ0v) is 21.5. The maximum atomic E-state index is 12.8. The summed E-state index contributed by atoms with van der Waals surface area (Å²) in [5, 5.41) is 3.67. The molecule has 2 fully saturated rings. The summed E-state index contributed by atoms with van der Waals surface area (Å²) in [6, 6.07) is 13.1. The number of hydrogen-bond acceptors (Lipinski definition) is 6. The number of hydrogen-bond donors (Lipinski definition) is 1. The maximum absolute atomic E-state index is 12.8. The monoisotopic (exact) mass is 518 g/mol. The molecule has 0 unspecified atom stereocenters. The number of anilines is 1. The fraction of sp³-hybridized carbons (Fsp3) is 0.500. The van der Waals surface area contributed by atoms with Crippen molar-refractivity contribution in [3.8, 4) is 5.75 Å². The van der Waals surface area contributed by atoms with Crippen molar-refractivity contribution < 1.29 is 22.7 Å². The molecule has 0 aromatic heterocycles. The molecule has 188 valence electrons. The van der Waals surface area contributed by atoms with Gasteiger partial charge in [0.1, 0.15) is 17.1 Å². The molecule has 0 saturated carbocycles. The van der Waals surface area contributed by atoms with Gasteiger partial charge in [-0.1, -0.05) is 23.7 Å². The summed E-state index contributed by atoms with van der Waals surface area (Å²) in [5.41, 5.74) is 2.19. The molecule has 35 heavy (non-hydrogen) atoms. The summed E-state index contributed by atoms with van der Waals surface area (Å²) in [6.07, 6.45) is 3.75. The number of piperidine rings is 1. The van der Waals surface area contributed by atoms with Gasteiger partial charge in [0.25, 0.3) is 0 Å². The lowest BCUT2D eigenvalue weighted by Crippen LogP contribution is -2.47. The largest absolute Gasteiger partial charge is 0.492 e. The van der Waals surface area contributed by atoms with Crippen molar-refractivity contribution >= 4 is 33.0 Å². The number of ether oxygens (including phenoxy) is 2. The van der Waals surface area contributed by atoms with Crippen molar-refractivity contribution in [3.05, 3.63) is 58.6 Å². The van der Waals surface area contributed by atoms with Crippen LogP contribution in [0.25, 0.3) is 0 Å². The smallest absolute Gasteiger partial charge is 0.235 e. The third kappa shape index (κ3) is 4.46. The molecule has 3 aliphatic rings. The summed E-state index contributed by atoms with van der Waals surface area (Å²) in [7, 11) is -3.28.